The first-order valence-corrected chi connectivity index (χ1v) is 8.99. The Balaban J connectivity index is 1.39. The molecule has 6 heteroatoms. The summed E-state index contributed by atoms with van der Waals surface area (Å²) in [5, 5.41) is 9.06. The van der Waals surface area contributed by atoms with Crippen LogP contribution in [0.1, 0.15) is 24.0 Å². The van der Waals surface area contributed by atoms with Crippen molar-refractivity contribution >= 4 is 5.91 Å². The van der Waals surface area contributed by atoms with Crippen LogP contribution in [0.3, 0.4) is 0 Å². The van der Waals surface area contributed by atoms with E-state index in [2.05, 4.69) is 17.0 Å². The minimum atomic E-state index is -0.318. The van der Waals surface area contributed by atoms with Crippen LogP contribution in [0, 0.1) is 11.3 Å². The molecule has 0 aromatic heterocycles. The van der Waals surface area contributed by atoms with E-state index in [1.807, 2.05) is 23.1 Å². The minimum absolute atomic E-state index is 0.115. The number of rotatable bonds is 3. The summed E-state index contributed by atoms with van der Waals surface area (Å²) in [7, 11) is 0. The van der Waals surface area contributed by atoms with Crippen LogP contribution in [0.25, 0.3) is 0 Å². The third-order valence-electron chi connectivity index (χ3n) is 5.43. The highest BCUT2D eigenvalue weighted by atomic mass is 16.5. The summed E-state index contributed by atoms with van der Waals surface area (Å²) in [5.74, 6) is 0.115. The SMILES string of the molecule is N#Cc1cccc(CN2CC[C@@H]3O[C@@H](C(=O)N4CCOCC4)C[C@@H]32)c1. The van der Waals surface area contributed by atoms with Crippen molar-refractivity contribution in [1.82, 2.24) is 9.80 Å². The number of hydrogen-bond donors (Lipinski definition) is 0. The highest BCUT2D eigenvalue weighted by Gasteiger charge is 2.46. The molecule has 3 aliphatic rings. The molecule has 3 heterocycles. The fourth-order valence-electron chi connectivity index (χ4n) is 4.15. The number of nitriles is 1. The Hall–Kier alpha value is -1.94. The summed E-state index contributed by atoms with van der Waals surface area (Å²) < 4.78 is 11.4. The predicted molar refractivity (Wildman–Crippen MR) is 90.6 cm³/mol. The fraction of sp³-hybridized carbons (Fsp3) is 0.579. The van der Waals surface area contributed by atoms with Crippen molar-refractivity contribution < 1.29 is 14.3 Å². The van der Waals surface area contributed by atoms with Gasteiger partial charge in [0.05, 0.1) is 31.0 Å². The Labute approximate surface area is 147 Å². The van der Waals surface area contributed by atoms with E-state index >= 15 is 0 Å². The lowest BCUT2D eigenvalue weighted by molar-refractivity contribution is -0.146. The molecule has 0 unspecified atom stereocenters. The molecule has 3 fully saturated rings. The third-order valence-corrected chi connectivity index (χ3v) is 5.43. The largest absolute Gasteiger partial charge is 0.378 e. The van der Waals surface area contributed by atoms with Crippen molar-refractivity contribution in [2.24, 2.45) is 0 Å². The van der Waals surface area contributed by atoms with Crippen LogP contribution in [0.4, 0.5) is 0 Å². The Morgan fingerprint density at radius 1 is 1.28 bits per heavy atom. The second kappa shape index (κ2) is 7.12. The maximum Gasteiger partial charge on any atom is 0.251 e. The Kier molecular flexibility index (Phi) is 4.71. The number of amides is 1. The summed E-state index contributed by atoms with van der Waals surface area (Å²) in [5.41, 5.74) is 1.83. The van der Waals surface area contributed by atoms with Gasteiger partial charge >= 0.3 is 0 Å². The molecule has 1 aromatic carbocycles. The summed E-state index contributed by atoms with van der Waals surface area (Å²) in [4.78, 5) is 16.9. The molecule has 3 saturated heterocycles. The minimum Gasteiger partial charge on any atom is -0.378 e. The van der Waals surface area contributed by atoms with E-state index in [0.29, 0.717) is 37.9 Å². The van der Waals surface area contributed by atoms with Crippen LogP contribution >= 0.6 is 0 Å². The van der Waals surface area contributed by atoms with E-state index in [0.717, 1.165) is 31.5 Å². The van der Waals surface area contributed by atoms with Crippen LogP contribution in [0.2, 0.25) is 0 Å². The molecule has 4 rings (SSSR count). The van der Waals surface area contributed by atoms with Gasteiger partial charge in [0.25, 0.3) is 5.91 Å². The lowest BCUT2D eigenvalue weighted by Gasteiger charge is -2.29. The quantitative estimate of drug-likeness (QED) is 0.825. The Morgan fingerprint density at radius 2 is 2.12 bits per heavy atom. The number of benzene rings is 1. The van der Waals surface area contributed by atoms with Gasteiger partial charge in [-0.2, -0.15) is 5.26 Å². The highest BCUT2D eigenvalue weighted by Crippen LogP contribution is 2.34. The van der Waals surface area contributed by atoms with Crippen molar-refractivity contribution in [1.29, 1.82) is 5.26 Å². The molecule has 3 atom stereocenters. The molecule has 3 aliphatic heterocycles. The van der Waals surface area contributed by atoms with Gasteiger partial charge in [0.2, 0.25) is 0 Å². The zero-order valence-corrected chi connectivity index (χ0v) is 14.3. The molecule has 25 heavy (non-hydrogen) atoms. The van der Waals surface area contributed by atoms with Crippen molar-refractivity contribution in [3.63, 3.8) is 0 Å². The van der Waals surface area contributed by atoms with Crippen LogP contribution < -0.4 is 0 Å². The molecule has 0 saturated carbocycles. The normalized spacial score (nSPS) is 29.4. The van der Waals surface area contributed by atoms with Gasteiger partial charge in [0.1, 0.15) is 6.10 Å². The fourth-order valence-corrected chi connectivity index (χ4v) is 4.15. The second-order valence-corrected chi connectivity index (χ2v) is 6.98. The van der Waals surface area contributed by atoms with Gasteiger partial charge in [0.15, 0.2) is 0 Å². The maximum absolute atomic E-state index is 12.7. The van der Waals surface area contributed by atoms with Gasteiger partial charge in [-0.25, -0.2) is 0 Å². The van der Waals surface area contributed by atoms with Crippen molar-refractivity contribution in [2.45, 2.75) is 37.6 Å². The topological polar surface area (TPSA) is 65.8 Å². The third kappa shape index (κ3) is 3.40. The van der Waals surface area contributed by atoms with Gasteiger partial charge < -0.3 is 14.4 Å². The number of nitrogens with zero attached hydrogens (tertiary/aromatic N) is 3. The molecular formula is C19H23N3O3. The first kappa shape index (κ1) is 16.5. The smallest absolute Gasteiger partial charge is 0.251 e. The van der Waals surface area contributed by atoms with Crippen molar-refractivity contribution in [3.05, 3.63) is 35.4 Å². The summed E-state index contributed by atoms with van der Waals surface area (Å²) >= 11 is 0. The summed E-state index contributed by atoms with van der Waals surface area (Å²) in [6, 6.07) is 10.2. The Bertz CT molecular complexity index is 681. The monoisotopic (exact) mass is 341 g/mol. The number of carbonyl (C=O) groups is 1. The molecule has 0 spiro atoms. The molecule has 1 amide bonds. The van der Waals surface area contributed by atoms with Gasteiger partial charge in [-0.1, -0.05) is 12.1 Å². The first-order valence-electron chi connectivity index (χ1n) is 8.99. The van der Waals surface area contributed by atoms with Gasteiger partial charge in [0, 0.05) is 38.6 Å². The lowest BCUT2D eigenvalue weighted by Crippen LogP contribution is -2.46. The molecule has 0 bridgehead atoms. The molecule has 0 radical (unpaired) electrons. The standard InChI is InChI=1S/C19H23N3O3/c20-12-14-2-1-3-15(10-14)13-22-5-4-17-16(22)11-18(25-17)19(23)21-6-8-24-9-7-21/h1-3,10,16-18H,4-9,11,13H2/t16-,17-,18+/m0/s1. The average Bonchev–Trinajstić information content (AvgIpc) is 3.24. The first-order chi connectivity index (χ1) is 12.2. The van der Waals surface area contributed by atoms with E-state index in [4.69, 9.17) is 14.7 Å². The van der Waals surface area contributed by atoms with Crippen LogP contribution in [0.5, 0.6) is 0 Å². The van der Waals surface area contributed by atoms with Gasteiger partial charge in [-0.15, -0.1) is 0 Å². The number of likely N-dealkylation sites (tertiary alicyclic amines) is 1. The van der Waals surface area contributed by atoms with Crippen molar-refractivity contribution in [3.8, 4) is 6.07 Å². The number of morpholine rings is 1. The van der Waals surface area contributed by atoms with E-state index in [1.54, 1.807) is 0 Å². The number of carbonyl (C=O) groups excluding carboxylic acids is 1. The van der Waals surface area contributed by atoms with Crippen LogP contribution in [0.15, 0.2) is 24.3 Å². The zero-order chi connectivity index (χ0) is 17.2. The number of fused-ring (bicyclic) bond motifs is 1. The molecule has 0 aliphatic carbocycles. The number of ether oxygens (including phenoxy) is 2. The van der Waals surface area contributed by atoms with Crippen LogP contribution in [-0.2, 0) is 20.8 Å². The average molecular weight is 341 g/mol. The van der Waals surface area contributed by atoms with Crippen molar-refractivity contribution in [2.75, 3.05) is 32.8 Å². The molecule has 1 aromatic rings. The van der Waals surface area contributed by atoms with E-state index < -0.39 is 0 Å². The highest BCUT2D eigenvalue weighted by molar-refractivity contribution is 5.81. The second-order valence-electron chi connectivity index (χ2n) is 6.98. The van der Waals surface area contributed by atoms with E-state index in [1.165, 1.54) is 0 Å². The predicted octanol–water partition coefficient (Wildman–Crippen LogP) is 1.15. The molecule has 132 valence electrons. The number of hydrogen-bond acceptors (Lipinski definition) is 5. The Morgan fingerprint density at radius 3 is 2.92 bits per heavy atom. The van der Waals surface area contributed by atoms with E-state index in [9.17, 15) is 4.79 Å². The molecule has 6 nitrogen and oxygen atoms in total. The van der Waals surface area contributed by atoms with Gasteiger partial charge in [-0.3, -0.25) is 9.69 Å². The maximum atomic E-state index is 12.7. The molecular weight excluding hydrogens is 318 g/mol. The summed E-state index contributed by atoms with van der Waals surface area (Å²) in [6.45, 7) is 4.35. The zero-order valence-electron chi connectivity index (χ0n) is 14.3. The molecule has 0 N–H and O–H groups in total. The lowest BCUT2D eigenvalue weighted by atomic mass is 10.1. The van der Waals surface area contributed by atoms with Crippen LogP contribution in [-0.4, -0.2) is 66.8 Å². The van der Waals surface area contributed by atoms with Gasteiger partial charge in [-0.05, 0) is 24.1 Å². The summed E-state index contributed by atoms with van der Waals surface area (Å²) in [6.07, 6.45) is 1.56. The van der Waals surface area contributed by atoms with E-state index in [-0.39, 0.29) is 18.1 Å².